The van der Waals surface area contributed by atoms with E-state index in [1.807, 2.05) is 0 Å². The van der Waals surface area contributed by atoms with Gasteiger partial charge in [0.15, 0.2) is 0 Å². The first kappa shape index (κ1) is 9.19. The van der Waals surface area contributed by atoms with Crippen LogP contribution in [0.1, 0.15) is 19.3 Å². The van der Waals surface area contributed by atoms with Crippen LogP contribution in [0.3, 0.4) is 0 Å². The zero-order chi connectivity index (χ0) is 9.10. The number of nitrogens with one attached hydrogen (secondary N) is 2. The Morgan fingerprint density at radius 3 is 2.85 bits per heavy atom. The molecule has 0 bridgehead atoms. The Morgan fingerprint density at radius 2 is 2.23 bits per heavy atom. The monoisotopic (exact) mass is 182 g/mol. The molecule has 0 amide bonds. The van der Waals surface area contributed by atoms with Crippen LogP contribution >= 0.6 is 0 Å². The Kier molecular flexibility index (Phi) is 2.98. The molecule has 74 valence electrons. The summed E-state index contributed by atoms with van der Waals surface area (Å²) in [4.78, 5) is 0. The summed E-state index contributed by atoms with van der Waals surface area (Å²) >= 11 is 0. The van der Waals surface area contributed by atoms with Crippen LogP contribution < -0.4 is 10.6 Å². The Bertz CT molecular complexity index is 187. The topological polar surface area (TPSA) is 44.3 Å². The highest BCUT2D eigenvalue weighted by Gasteiger charge is 2.27. The molecule has 3 unspecified atom stereocenters. The van der Waals surface area contributed by atoms with Crippen LogP contribution in [-0.2, 0) is 0 Å². The second-order valence-corrected chi connectivity index (χ2v) is 3.91. The van der Waals surface area contributed by atoms with Gasteiger partial charge in [0.2, 0.25) is 0 Å². The van der Waals surface area contributed by atoms with Crippen molar-refractivity contribution in [3.8, 4) is 0 Å². The summed E-state index contributed by atoms with van der Waals surface area (Å²) in [5, 5.41) is 16.6. The van der Waals surface area contributed by atoms with Crippen LogP contribution in [0.2, 0.25) is 0 Å². The van der Waals surface area contributed by atoms with E-state index in [2.05, 4.69) is 22.8 Å². The summed E-state index contributed by atoms with van der Waals surface area (Å²) in [6, 6.07) is 0.449. The first-order valence-electron chi connectivity index (χ1n) is 5.19. The smallest absolute Gasteiger partial charge is 0.0881 e. The van der Waals surface area contributed by atoms with Crippen LogP contribution in [0, 0.1) is 0 Å². The third-order valence-corrected chi connectivity index (χ3v) is 2.94. The number of aliphatic hydroxyl groups excluding tert-OH is 1. The molecule has 3 heteroatoms. The molecule has 3 atom stereocenters. The predicted octanol–water partition coefficient (Wildman–Crippen LogP) is 0.0174. The van der Waals surface area contributed by atoms with Gasteiger partial charge in [0.1, 0.15) is 0 Å². The van der Waals surface area contributed by atoms with Gasteiger partial charge in [-0.2, -0.15) is 0 Å². The van der Waals surface area contributed by atoms with Gasteiger partial charge >= 0.3 is 0 Å². The Morgan fingerprint density at radius 1 is 1.31 bits per heavy atom. The average Bonchev–Trinajstić information content (AvgIpc) is 2.71. The van der Waals surface area contributed by atoms with E-state index in [0.717, 1.165) is 19.5 Å². The molecule has 2 rings (SSSR count). The zero-order valence-electron chi connectivity index (χ0n) is 7.87. The number of aliphatic hydroxyl groups is 1. The average molecular weight is 182 g/mol. The third kappa shape index (κ3) is 2.10. The SMILES string of the molecule is OC(C1C=CCN1)C1CCCCN1. The fourth-order valence-corrected chi connectivity index (χ4v) is 2.14. The molecule has 3 nitrogen and oxygen atoms in total. The van der Waals surface area contributed by atoms with Crippen LogP contribution in [0.4, 0.5) is 0 Å². The molecule has 0 aromatic heterocycles. The van der Waals surface area contributed by atoms with Crippen molar-refractivity contribution in [3.05, 3.63) is 12.2 Å². The van der Waals surface area contributed by atoms with Gasteiger partial charge in [0.05, 0.1) is 12.1 Å². The van der Waals surface area contributed by atoms with Crippen molar-refractivity contribution in [2.45, 2.75) is 37.5 Å². The van der Waals surface area contributed by atoms with Gasteiger partial charge in [0.25, 0.3) is 0 Å². The minimum atomic E-state index is -0.265. The van der Waals surface area contributed by atoms with Gasteiger partial charge in [0, 0.05) is 12.6 Å². The summed E-state index contributed by atoms with van der Waals surface area (Å²) in [6.07, 6.45) is 7.48. The maximum Gasteiger partial charge on any atom is 0.0881 e. The molecule has 0 aromatic carbocycles. The largest absolute Gasteiger partial charge is 0.390 e. The number of rotatable bonds is 2. The minimum absolute atomic E-state index is 0.163. The Labute approximate surface area is 79.2 Å². The number of hydrogen-bond acceptors (Lipinski definition) is 3. The van der Waals surface area contributed by atoms with Gasteiger partial charge in [-0.15, -0.1) is 0 Å². The summed E-state index contributed by atoms with van der Waals surface area (Å²) in [7, 11) is 0. The van der Waals surface area contributed by atoms with E-state index < -0.39 is 0 Å². The van der Waals surface area contributed by atoms with Crippen molar-refractivity contribution in [1.29, 1.82) is 0 Å². The van der Waals surface area contributed by atoms with E-state index in [4.69, 9.17) is 0 Å². The van der Waals surface area contributed by atoms with Crippen LogP contribution in [0.15, 0.2) is 12.2 Å². The molecule has 2 heterocycles. The van der Waals surface area contributed by atoms with Gasteiger partial charge in [-0.1, -0.05) is 18.6 Å². The Hall–Kier alpha value is -0.380. The van der Waals surface area contributed by atoms with Crippen LogP contribution in [0.5, 0.6) is 0 Å². The highest BCUT2D eigenvalue weighted by atomic mass is 16.3. The van der Waals surface area contributed by atoms with E-state index in [-0.39, 0.29) is 18.2 Å². The number of hydrogen-bond donors (Lipinski definition) is 3. The second-order valence-electron chi connectivity index (χ2n) is 3.91. The summed E-state index contributed by atoms with van der Waals surface area (Å²) in [5.74, 6) is 0. The van der Waals surface area contributed by atoms with Crippen LogP contribution in [0.25, 0.3) is 0 Å². The maximum atomic E-state index is 10.00. The quantitative estimate of drug-likeness (QED) is 0.527. The van der Waals surface area contributed by atoms with Crippen molar-refractivity contribution in [1.82, 2.24) is 10.6 Å². The summed E-state index contributed by atoms with van der Waals surface area (Å²) in [6.45, 7) is 1.95. The second kappa shape index (κ2) is 4.22. The molecule has 0 aliphatic carbocycles. The molecule has 0 saturated carbocycles. The van der Waals surface area contributed by atoms with Crippen molar-refractivity contribution >= 4 is 0 Å². The molecule has 2 aliphatic rings. The molecule has 1 saturated heterocycles. The van der Waals surface area contributed by atoms with Crippen molar-refractivity contribution in [2.75, 3.05) is 13.1 Å². The van der Waals surface area contributed by atoms with Crippen molar-refractivity contribution in [2.24, 2.45) is 0 Å². The molecule has 0 aromatic rings. The molecule has 1 fully saturated rings. The lowest BCUT2D eigenvalue weighted by Crippen LogP contribution is -2.51. The van der Waals surface area contributed by atoms with Crippen molar-refractivity contribution < 1.29 is 5.11 Å². The van der Waals surface area contributed by atoms with Crippen LogP contribution in [-0.4, -0.2) is 36.4 Å². The minimum Gasteiger partial charge on any atom is -0.390 e. The molecule has 13 heavy (non-hydrogen) atoms. The van der Waals surface area contributed by atoms with Crippen molar-refractivity contribution in [3.63, 3.8) is 0 Å². The van der Waals surface area contributed by atoms with Gasteiger partial charge in [-0.25, -0.2) is 0 Å². The molecule has 2 aliphatic heterocycles. The zero-order valence-corrected chi connectivity index (χ0v) is 7.87. The highest BCUT2D eigenvalue weighted by molar-refractivity contribution is 5.07. The summed E-state index contributed by atoms with van der Waals surface area (Å²) < 4.78 is 0. The Balaban J connectivity index is 1.87. The molecule has 0 spiro atoms. The fraction of sp³-hybridized carbons (Fsp3) is 0.800. The molecular weight excluding hydrogens is 164 g/mol. The standard InChI is InChI=1S/C10H18N2O/c13-10(9-5-3-7-12-9)8-4-1-2-6-11-8/h3,5,8-13H,1-2,4,6-7H2. The van der Waals surface area contributed by atoms with E-state index in [1.165, 1.54) is 12.8 Å². The van der Waals surface area contributed by atoms with E-state index in [1.54, 1.807) is 0 Å². The van der Waals surface area contributed by atoms with Gasteiger partial charge in [-0.05, 0) is 19.4 Å². The molecule has 3 N–H and O–H groups in total. The van der Waals surface area contributed by atoms with E-state index in [9.17, 15) is 5.11 Å². The first-order valence-corrected chi connectivity index (χ1v) is 5.19. The maximum absolute atomic E-state index is 10.00. The van der Waals surface area contributed by atoms with Gasteiger partial charge in [-0.3, -0.25) is 0 Å². The lowest BCUT2D eigenvalue weighted by Gasteiger charge is -2.31. The summed E-state index contributed by atoms with van der Waals surface area (Å²) in [5.41, 5.74) is 0. The highest BCUT2D eigenvalue weighted by Crippen LogP contribution is 2.14. The normalized spacial score (nSPS) is 36.4. The number of piperidine rings is 1. The van der Waals surface area contributed by atoms with Gasteiger partial charge < -0.3 is 15.7 Å². The molecule has 0 radical (unpaired) electrons. The lowest BCUT2D eigenvalue weighted by molar-refractivity contribution is 0.0935. The van der Waals surface area contributed by atoms with E-state index >= 15 is 0 Å². The molecular formula is C10H18N2O. The predicted molar refractivity (Wildman–Crippen MR) is 52.6 cm³/mol. The lowest BCUT2D eigenvalue weighted by atomic mass is 9.95. The fourth-order valence-electron chi connectivity index (χ4n) is 2.14. The first-order chi connectivity index (χ1) is 6.38. The van der Waals surface area contributed by atoms with E-state index in [0.29, 0.717) is 0 Å². The third-order valence-electron chi connectivity index (χ3n) is 2.94.